The molecule has 1 saturated heterocycles. The summed E-state index contributed by atoms with van der Waals surface area (Å²) in [6, 6.07) is 10.2. The van der Waals surface area contributed by atoms with Crippen molar-refractivity contribution in [3.63, 3.8) is 0 Å². The predicted molar refractivity (Wildman–Crippen MR) is 105 cm³/mol. The van der Waals surface area contributed by atoms with Gasteiger partial charge >= 0.3 is 0 Å². The lowest BCUT2D eigenvalue weighted by molar-refractivity contribution is -0.123. The summed E-state index contributed by atoms with van der Waals surface area (Å²) in [6.45, 7) is 1.90. The molecule has 4 unspecified atom stereocenters. The van der Waals surface area contributed by atoms with Gasteiger partial charge in [-0.15, -0.1) is 12.4 Å². The number of rotatable bonds is 5. The Hall–Kier alpha value is -1.92. The summed E-state index contributed by atoms with van der Waals surface area (Å²) in [4.78, 5) is 17.1. The fourth-order valence-corrected chi connectivity index (χ4v) is 4.19. The molecule has 6 nitrogen and oxygen atoms in total. The fourth-order valence-electron chi connectivity index (χ4n) is 4.19. The Labute approximate surface area is 165 Å². The zero-order valence-corrected chi connectivity index (χ0v) is 16.4. The molecule has 1 aromatic carbocycles. The van der Waals surface area contributed by atoms with Crippen molar-refractivity contribution < 1.29 is 9.32 Å². The first-order valence-corrected chi connectivity index (χ1v) is 9.62. The van der Waals surface area contributed by atoms with Gasteiger partial charge in [0.05, 0.1) is 18.5 Å². The Balaban J connectivity index is 0.00000210. The van der Waals surface area contributed by atoms with E-state index < -0.39 is 0 Å². The van der Waals surface area contributed by atoms with E-state index in [1.807, 2.05) is 37.3 Å². The van der Waals surface area contributed by atoms with Crippen molar-refractivity contribution in [3.05, 3.63) is 47.6 Å². The Kier molecular flexibility index (Phi) is 6.50. The first kappa shape index (κ1) is 19.8. The maximum absolute atomic E-state index is 12.6. The van der Waals surface area contributed by atoms with Crippen LogP contribution in [0.1, 0.15) is 62.3 Å². The van der Waals surface area contributed by atoms with Gasteiger partial charge in [0.15, 0.2) is 5.82 Å². The maximum atomic E-state index is 12.6. The van der Waals surface area contributed by atoms with E-state index in [4.69, 9.17) is 4.52 Å². The highest BCUT2D eigenvalue weighted by Crippen LogP contribution is 2.33. The van der Waals surface area contributed by atoms with E-state index in [1.54, 1.807) is 0 Å². The molecule has 2 aliphatic rings. The summed E-state index contributed by atoms with van der Waals surface area (Å²) in [5, 5.41) is 10.6. The number of carbonyl (C=O) groups excluding carboxylic acids is 1. The Morgan fingerprint density at radius 3 is 2.85 bits per heavy atom. The minimum atomic E-state index is -0.264. The van der Waals surface area contributed by atoms with Gasteiger partial charge in [0.1, 0.15) is 0 Å². The third-order valence-electron chi connectivity index (χ3n) is 5.61. The largest absolute Gasteiger partial charge is 0.345 e. The second kappa shape index (κ2) is 8.85. The lowest BCUT2D eigenvalue weighted by atomic mass is 9.85. The summed E-state index contributed by atoms with van der Waals surface area (Å²) in [5.41, 5.74) is 1.12. The molecular weight excluding hydrogens is 364 g/mol. The van der Waals surface area contributed by atoms with Gasteiger partial charge in [0, 0.05) is 6.04 Å². The van der Waals surface area contributed by atoms with Crippen molar-refractivity contribution in [3.8, 4) is 0 Å². The molecule has 2 fully saturated rings. The van der Waals surface area contributed by atoms with Gasteiger partial charge in [-0.25, -0.2) is 0 Å². The van der Waals surface area contributed by atoms with Crippen LogP contribution in [0, 0.1) is 5.92 Å². The van der Waals surface area contributed by atoms with Crippen LogP contribution in [-0.4, -0.2) is 28.1 Å². The highest BCUT2D eigenvalue weighted by atomic mass is 35.5. The molecule has 146 valence electrons. The molecule has 2 N–H and O–H groups in total. The number of fused-ring (bicyclic) bond motifs is 1. The number of benzene rings is 1. The molecule has 0 bridgehead atoms. The van der Waals surface area contributed by atoms with E-state index in [2.05, 4.69) is 20.8 Å². The smallest absolute Gasteiger partial charge is 0.237 e. The van der Waals surface area contributed by atoms with Crippen LogP contribution < -0.4 is 10.6 Å². The molecule has 4 rings (SSSR count). The predicted octanol–water partition coefficient (Wildman–Crippen LogP) is 3.18. The van der Waals surface area contributed by atoms with E-state index in [0.29, 0.717) is 30.1 Å². The monoisotopic (exact) mass is 390 g/mol. The quantitative estimate of drug-likeness (QED) is 0.819. The third kappa shape index (κ3) is 4.68. The van der Waals surface area contributed by atoms with Gasteiger partial charge in [-0.2, -0.15) is 4.98 Å². The van der Waals surface area contributed by atoms with E-state index in [0.717, 1.165) is 12.0 Å². The number of amides is 1. The van der Waals surface area contributed by atoms with Gasteiger partial charge in [-0.05, 0) is 37.7 Å². The summed E-state index contributed by atoms with van der Waals surface area (Å²) < 4.78 is 5.35. The summed E-state index contributed by atoms with van der Waals surface area (Å²) in [7, 11) is 0. The average molecular weight is 391 g/mol. The normalized spacial score (nSPS) is 25.3. The van der Waals surface area contributed by atoms with Crippen LogP contribution >= 0.6 is 12.4 Å². The van der Waals surface area contributed by atoms with Gasteiger partial charge < -0.3 is 15.2 Å². The minimum absolute atomic E-state index is 0. The van der Waals surface area contributed by atoms with Crippen molar-refractivity contribution >= 4 is 18.3 Å². The first-order chi connectivity index (χ1) is 12.7. The highest BCUT2D eigenvalue weighted by molar-refractivity contribution is 5.85. The number of nitrogens with one attached hydrogen (secondary N) is 2. The second-order valence-corrected chi connectivity index (χ2v) is 7.54. The van der Waals surface area contributed by atoms with Crippen LogP contribution in [0.2, 0.25) is 0 Å². The molecule has 0 spiro atoms. The van der Waals surface area contributed by atoms with E-state index in [9.17, 15) is 4.79 Å². The molecule has 2 heterocycles. The van der Waals surface area contributed by atoms with Crippen LogP contribution in [0.4, 0.5) is 0 Å². The number of hydrogen-bond donors (Lipinski definition) is 2. The summed E-state index contributed by atoms with van der Waals surface area (Å²) in [5.74, 6) is 1.79. The molecule has 2 aromatic rings. The van der Waals surface area contributed by atoms with Crippen LogP contribution in [0.25, 0.3) is 0 Å². The van der Waals surface area contributed by atoms with Crippen molar-refractivity contribution in [1.82, 2.24) is 20.8 Å². The van der Waals surface area contributed by atoms with Crippen LogP contribution in [0.15, 0.2) is 34.9 Å². The molecule has 1 aromatic heterocycles. The van der Waals surface area contributed by atoms with Crippen molar-refractivity contribution in [2.24, 2.45) is 5.92 Å². The number of carbonyl (C=O) groups is 1. The fraction of sp³-hybridized carbons (Fsp3) is 0.550. The van der Waals surface area contributed by atoms with Crippen LogP contribution in [-0.2, 0) is 11.2 Å². The highest BCUT2D eigenvalue weighted by Gasteiger charge is 2.38. The molecule has 1 aliphatic carbocycles. The average Bonchev–Trinajstić information content (AvgIpc) is 3.29. The molecule has 0 radical (unpaired) electrons. The van der Waals surface area contributed by atoms with Crippen molar-refractivity contribution in [1.29, 1.82) is 0 Å². The lowest BCUT2D eigenvalue weighted by Gasteiger charge is -2.24. The maximum Gasteiger partial charge on any atom is 0.237 e. The first-order valence-electron chi connectivity index (χ1n) is 9.62. The van der Waals surface area contributed by atoms with E-state index in [-0.39, 0.29) is 30.4 Å². The number of aromatic nitrogens is 2. The minimum Gasteiger partial charge on any atom is -0.345 e. The van der Waals surface area contributed by atoms with E-state index in [1.165, 1.54) is 25.7 Å². The zero-order valence-electron chi connectivity index (χ0n) is 15.6. The SMILES string of the molecule is CC(NC(=O)C1CC2CCCCC2N1)c1noc(Cc2ccccc2)n1.Cl. The standard InChI is InChI=1S/C20H26N4O2.ClH/c1-13(19-23-18(26-24-19)11-14-7-3-2-4-8-14)21-20(25)17-12-15-9-5-6-10-16(15)22-17;/h2-4,7-8,13,15-17,22H,5-6,9-12H2,1H3,(H,21,25);1H. The molecule has 1 amide bonds. The Bertz CT molecular complexity index is 737. The number of nitrogens with zero attached hydrogens (tertiary/aromatic N) is 2. The van der Waals surface area contributed by atoms with Gasteiger partial charge in [0.2, 0.25) is 11.8 Å². The Morgan fingerprint density at radius 1 is 1.30 bits per heavy atom. The third-order valence-corrected chi connectivity index (χ3v) is 5.61. The molecular formula is C20H27ClN4O2. The summed E-state index contributed by atoms with van der Waals surface area (Å²) in [6.07, 6.45) is 6.53. The Morgan fingerprint density at radius 2 is 2.07 bits per heavy atom. The topological polar surface area (TPSA) is 80.0 Å². The van der Waals surface area contributed by atoms with Gasteiger partial charge in [-0.1, -0.05) is 48.3 Å². The molecule has 27 heavy (non-hydrogen) atoms. The molecule has 7 heteroatoms. The second-order valence-electron chi connectivity index (χ2n) is 7.54. The van der Waals surface area contributed by atoms with Crippen LogP contribution in [0.5, 0.6) is 0 Å². The van der Waals surface area contributed by atoms with Crippen LogP contribution in [0.3, 0.4) is 0 Å². The van der Waals surface area contributed by atoms with Gasteiger partial charge in [0.25, 0.3) is 0 Å². The molecule has 4 atom stereocenters. The summed E-state index contributed by atoms with van der Waals surface area (Å²) >= 11 is 0. The zero-order chi connectivity index (χ0) is 17.9. The lowest BCUT2D eigenvalue weighted by Crippen LogP contribution is -2.44. The molecule has 1 aliphatic heterocycles. The van der Waals surface area contributed by atoms with Gasteiger partial charge in [-0.3, -0.25) is 4.79 Å². The number of hydrogen-bond acceptors (Lipinski definition) is 5. The van der Waals surface area contributed by atoms with Crippen molar-refractivity contribution in [2.45, 2.75) is 63.6 Å². The molecule has 1 saturated carbocycles. The van der Waals surface area contributed by atoms with Crippen molar-refractivity contribution in [2.75, 3.05) is 0 Å². The number of halogens is 1. The van der Waals surface area contributed by atoms with E-state index >= 15 is 0 Å².